The van der Waals surface area contributed by atoms with Crippen molar-refractivity contribution in [2.45, 2.75) is 40.2 Å². The van der Waals surface area contributed by atoms with Crippen molar-refractivity contribution in [3.8, 4) is 5.75 Å². The van der Waals surface area contributed by atoms with Gasteiger partial charge in [-0.2, -0.15) is 0 Å². The van der Waals surface area contributed by atoms with Gasteiger partial charge in [0.05, 0.1) is 6.61 Å². The van der Waals surface area contributed by atoms with Crippen LogP contribution in [0.15, 0.2) is 18.2 Å². The van der Waals surface area contributed by atoms with Crippen LogP contribution < -0.4 is 10.1 Å². The Morgan fingerprint density at radius 2 is 2.06 bits per heavy atom. The molecule has 0 aliphatic rings. The van der Waals surface area contributed by atoms with E-state index in [4.69, 9.17) is 4.74 Å². The van der Waals surface area contributed by atoms with E-state index in [1.54, 1.807) is 0 Å². The molecule has 0 spiro atoms. The molecule has 0 saturated carbocycles. The first-order valence-corrected chi connectivity index (χ1v) is 6.15. The molecule has 1 rings (SSSR count). The van der Waals surface area contributed by atoms with Gasteiger partial charge in [0.25, 0.3) is 0 Å². The molecule has 90 valence electrons. The van der Waals surface area contributed by atoms with Crippen molar-refractivity contribution < 1.29 is 4.74 Å². The molecule has 0 saturated heterocycles. The lowest BCUT2D eigenvalue weighted by Crippen LogP contribution is -2.20. The molecule has 1 aromatic carbocycles. The highest BCUT2D eigenvalue weighted by Gasteiger charge is 2.10. The van der Waals surface area contributed by atoms with E-state index < -0.39 is 0 Å². The zero-order valence-corrected chi connectivity index (χ0v) is 10.8. The fraction of sp³-hybridized carbons (Fsp3) is 0.571. The van der Waals surface area contributed by atoms with E-state index in [1.165, 1.54) is 11.1 Å². The maximum Gasteiger partial charge on any atom is 0.124 e. The number of benzene rings is 1. The molecule has 0 heterocycles. The van der Waals surface area contributed by atoms with Crippen LogP contribution in [0.3, 0.4) is 0 Å². The number of rotatable bonds is 6. The highest BCUT2D eigenvalue weighted by molar-refractivity contribution is 5.39. The van der Waals surface area contributed by atoms with Crippen molar-refractivity contribution in [2.75, 3.05) is 13.2 Å². The zero-order valence-electron chi connectivity index (χ0n) is 10.8. The van der Waals surface area contributed by atoms with Crippen molar-refractivity contribution in [2.24, 2.45) is 0 Å². The van der Waals surface area contributed by atoms with Gasteiger partial charge in [-0.15, -0.1) is 0 Å². The minimum Gasteiger partial charge on any atom is -0.494 e. The van der Waals surface area contributed by atoms with E-state index in [0.717, 1.165) is 25.3 Å². The molecule has 0 fully saturated rings. The van der Waals surface area contributed by atoms with Crippen LogP contribution in [0, 0.1) is 6.92 Å². The van der Waals surface area contributed by atoms with Crippen molar-refractivity contribution in [1.29, 1.82) is 0 Å². The van der Waals surface area contributed by atoms with E-state index in [2.05, 4.69) is 44.3 Å². The second-order valence-electron chi connectivity index (χ2n) is 4.15. The molecule has 2 heteroatoms. The summed E-state index contributed by atoms with van der Waals surface area (Å²) in [5.41, 5.74) is 2.50. The van der Waals surface area contributed by atoms with E-state index in [-0.39, 0.29) is 0 Å². The van der Waals surface area contributed by atoms with Gasteiger partial charge in [-0.25, -0.2) is 0 Å². The molecule has 1 aromatic rings. The molecule has 16 heavy (non-hydrogen) atoms. The molecule has 0 bridgehead atoms. The standard InChI is InChI=1S/C14H23NO/c1-5-9-15-12(4)13-8-7-11(3)10-14(13)16-6-2/h7-8,10,12,15H,5-6,9H2,1-4H3. The Morgan fingerprint density at radius 3 is 2.69 bits per heavy atom. The van der Waals surface area contributed by atoms with E-state index in [0.29, 0.717) is 6.04 Å². The average Bonchev–Trinajstić information content (AvgIpc) is 2.26. The van der Waals surface area contributed by atoms with Crippen molar-refractivity contribution in [3.05, 3.63) is 29.3 Å². The molecule has 2 nitrogen and oxygen atoms in total. The van der Waals surface area contributed by atoms with Crippen LogP contribution in [0.2, 0.25) is 0 Å². The fourth-order valence-electron chi connectivity index (χ4n) is 1.75. The van der Waals surface area contributed by atoms with E-state index >= 15 is 0 Å². The smallest absolute Gasteiger partial charge is 0.124 e. The van der Waals surface area contributed by atoms with Crippen LogP contribution in [0.5, 0.6) is 5.75 Å². The lowest BCUT2D eigenvalue weighted by Gasteiger charge is -2.18. The van der Waals surface area contributed by atoms with Crippen molar-refractivity contribution in [1.82, 2.24) is 5.32 Å². The zero-order chi connectivity index (χ0) is 12.0. The number of nitrogens with one attached hydrogen (secondary N) is 1. The maximum atomic E-state index is 5.68. The van der Waals surface area contributed by atoms with Crippen LogP contribution in [-0.2, 0) is 0 Å². The lowest BCUT2D eigenvalue weighted by molar-refractivity contribution is 0.332. The maximum absolute atomic E-state index is 5.68. The molecular weight excluding hydrogens is 198 g/mol. The summed E-state index contributed by atoms with van der Waals surface area (Å²) in [7, 11) is 0. The molecule has 0 radical (unpaired) electrons. The Hall–Kier alpha value is -1.02. The van der Waals surface area contributed by atoms with Gasteiger partial charge in [0.15, 0.2) is 0 Å². The highest BCUT2D eigenvalue weighted by Crippen LogP contribution is 2.26. The SMILES string of the molecule is CCCNC(C)c1ccc(C)cc1OCC. The molecule has 1 N–H and O–H groups in total. The highest BCUT2D eigenvalue weighted by atomic mass is 16.5. The van der Waals surface area contributed by atoms with Crippen molar-refractivity contribution in [3.63, 3.8) is 0 Å². The largest absolute Gasteiger partial charge is 0.494 e. The van der Waals surface area contributed by atoms with Gasteiger partial charge in [-0.05, 0) is 45.4 Å². The molecule has 0 aromatic heterocycles. The molecule has 1 atom stereocenters. The van der Waals surface area contributed by atoms with Crippen LogP contribution >= 0.6 is 0 Å². The van der Waals surface area contributed by atoms with Gasteiger partial charge >= 0.3 is 0 Å². The number of ether oxygens (including phenoxy) is 1. The number of hydrogen-bond acceptors (Lipinski definition) is 2. The third-order valence-electron chi connectivity index (χ3n) is 2.64. The summed E-state index contributed by atoms with van der Waals surface area (Å²) in [5.74, 6) is 1.01. The summed E-state index contributed by atoms with van der Waals surface area (Å²) in [6, 6.07) is 6.76. The second kappa shape index (κ2) is 6.54. The fourth-order valence-corrected chi connectivity index (χ4v) is 1.75. The predicted octanol–water partition coefficient (Wildman–Crippen LogP) is 3.45. The third-order valence-corrected chi connectivity index (χ3v) is 2.64. The number of aryl methyl sites for hydroxylation is 1. The minimum absolute atomic E-state index is 0.349. The van der Waals surface area contributed by atoms with E-state index in [1.807, 2.05) is 6.92 Å². The Balaban J connectivity index is 2.84. The molecular formula is C14H23NO. The monoisotopic (exact) mass is 221 g/mol. The van der Waals surface area contributed by atoms with Gasteiger partial charge in [-0.1, -0.05) is 19.1 Å². The first-order valence-electron chi connectivity index (χ1n) is 6.15. The number of hydrogen-bond donors (Lipinski definition) is 1. The Morgan fingerprint density at radius 1 is 1.31 bits per heavy atom. The minimum atomic E-state index is 0.349. The summed E-state index contributed by atoms with van der Waals surface area (Å²) in [6.07, 6.45) is 1.15. The van der Waals surface area contributed by atoms with Crippen LogP contribution in [0.4, 0.5) is 0 Å². The molecule has 1 unspecified atom stereocenters. The van der Waals surface area contributed by atoms with Gasteiger partial charge in [0.1, 0.15) is 5.75 Å². The van der Waals surface area contributed by atoms with Crippen LogP contribution in [0.25, 0.3) is 0 Å². The summed E-state index contributed by atoms with van der Waals surface area (Å²) in [5, 5.41) is 3.49. The van der Waals surface area contributed by atoms with Gasteiger partial charge in [0, 0.05) is 11.6 Å². The van der Waals surface area contributed by atoms with Gasteiger partial charge in [-0.3, -0.25) is 0 Å². The normalized spacial score (nSPS) is 12.5. The molecule has 0 aliphatic heterocycles. The van der Waals surface area contributed by atoms with E-state index in [9.17, 15) is 0 Å². The van der Waals surface area contributed by atoms with Crippen LogP contribution in [0.1, 0.15) is 44.4 Å². The Labute approximate surface area is 99.0 Å². The van der Waals surface area contributed by atoms with Gasteiger partial charge < -0.3 is 10.1 Å². The quantitative estimate of drug-likeness (QED) is 0.794. The Kier molecular flexibility index (Phi) is 5.33. The summed E-state index contributed by atoms with van der Waals surface area (Å²) in [4.78, 5) is 0. The average molecular weight is 221 g/mol. The summed E-state index contributed by atoms with van der Waals surface area (Å²) >= 11 is 0. The van der Waals surface area contributed by atoms with Gasteiger partial charge in [0.2, 0.25) is 0 Å². The first kappa shape index (κ1) is 13.0. The topological polar surface area (TPSA) is 21.3 Å². The third kappa shape index (κ3) is 3.53. The predicted molar refractivity (Wildman–Crippen MR) is 69.1 cm³/mol. The van der Waals surface area contributed by atoms with Crippen molar-refractivity contribution >= 4 is 0 Å². The molecule has 0 amide bonds. The molecule has 0 aliphatic carbocycles. The lowest BCUT2D eigenvalue weighted by atomic mass is 10.0. The first-order chi connectivity index (χ1) is 7.69. The Bertz CT molecular complexity index is 323. The van der Waals surface area contributed by atoms with Crippen LogP contribution in [-0.4, -0.2) is 13.2 Å². The summed E-state index contributed by atoms with van der Waals surface area (Å²) < 4.78 is 5.68. The summed E-state index contributed by atoms with van der Waals surface area (Å²) in [6.45, 7) is 10.2. The second-order valence-corrected chi connectivity index (χ2v) is 4.15.